The molecule has 2 N–H and O–H groups in total. The maximum absolute atomic E-state index is 11.6. The van der Waals surface area contributed by atoms with Gasteiger partial charge in [0.25, 0.3) is 0 Å². The average molecular weight is 319 g/mol. The van der Waals surface area contributed by atoms with Gasteiger partial charge in [0.1, 0.15) is 11.5 Å². The van der Waals surface area contributed by atoms with Crippen LogP contribution < -0.4 is 20.1 Å². The molecular formula is C15H17N3O3S. The van der Waals surface area contributed by atoms with Gasteiger partial charge in [0.2, 0.25) is 0 Å². The van der Waals surface area contributed by atoms with Crippen LogP contribution in [0.5, 0.6) is 11.5 Å². The minimum Gasteiger partial charge on any atom is -0.497 e. The summed E-state index contributed by atoms with van der Waals surface area (Å²) in [5.74, 6) is 1.40. The number of amides is 2. The van der Waals surface area contributed by atoms with E-state index in [1.54, 1.807) is 20.3 Å². The van der Waals surface area contributed by atoms with Gasteiger partial charge in [-0.05, 0) is 18.2 Å². The minimum atomic E-state index is -0.321. The Morgan fingerprint density at radius 2 is 2.23 bits per heavy atom. The van der Waals surface area contributed by atoms with Gasteiger partial charge in [0.05, 0.1) is 19.9 Å². The fourth-order valence-corrected chi connectivity index (χ4v) is 2.48. The van der Waals surface area contributed by atoms with Crippen LogP contribution in [0.25, 0.3) is 11.3 Å². The lowest BCUT2D eigenvalue weighted by molar-refractivity contribution is 0.253. The van der Waals surface area contributed by atoms with E-state index in [0.717, 1.165) is 5.56 Å². The molecule has 22 heavy (non-hydrogen) atoms. The predicted molar refractivity (Wildman–Crippen MR) is 87.9 cm³/mol. The zero-order valence-corrected chi connectivity index (χ0v) is 13.2. The van der Waals surface area contributed by atoms with Crippen molar-refractivity contribution < 1.29 is 14.3 Å². The summed E-state index contributed by atoms with van der Waals surface area (Å²) in [6.07, 6.45) is 1.61. The summed E-state index contributed by atoms with van der Waals surface area (Å²) in [5.41, 5.74) is 1.51. The first-order valence-corrected chi connectivity index (χ1v) is 7.39. The molecule has 1 aromatic heterocycles. The average Bonchev–Trinajstić information content (AvgIpc) is 3.00. The lowest BCUT2D eigenvalue weighted by atomic mass is 10.1. The molecule has 1 aromatic carbocycles. The van der Waals surface area contributed by atoms with E-state index in [1.807, 2.05) is 23.6 Å². The number of aromatic nitrogens is 1. The Kier molecular flexibility index (Phi) is 5.37. The molecule has 7 heteroatoms. The zero-order valence-electron chi connectivity index (χ0n) is 12.4. The third-order valence-electron chi connectivity index (χ3n) is 2.81. The van der Waals surface area contributed by atoms with E-state index in [-0.39, 0.29) is 6.03 Å². The molecule has 0 radical (unpaired) electrons. The number of hydrogen-bond acceptors (Lipinski definition) is 5. The lowest BCUT2D eigenvalue weighted by Crippen LogP contribution is -2.28. The monoisotopic (exact) mass is 319 g/mol. The quantitative estimate of drug-likeness (QED) is 0.802. The number of benzene rings is 1. The number of thiazole rings is 1. The van der Waals surface area contributed by atoms with Crippen molar-refractivity contribution in [1.82, 2.24) is 10.3 Å². The Morgan fingerprint density at radius 1 is 1.41 bits per heavy atom. The molecule has 0 aliphatic heterocycles. The summed E-state index contributed by atoms with van der Waals surface area (Å²) in [5, 5.41) is 7.64. The van der Waals surface area contributed by atoms with E-state index < -0.39 is 0 Å². The summed E-state index contributed by atoms with van der Waals surface area (Å²) >= 11 is 1.33. The van der Waals surface area contributed by atoms with Crippen LogP contribution >= 0.6 is 11.3 Å². The highest BCUT2D eigenvalue weighted by atomic mass is 32.1. The van der Waals surface area contributed by atoms with Crippen molar-refractivity contribution in [2.45, 2.75) is 0 Å². The van der Waals surface area contributed by atoms with Crippen molar-refractivity contribution in [2.24, 2.45) is 0 Å². The Balaban J connectivity index is 2.20. The molecule has 0 aliphatic carbocycles. The summed E-state index contributed by atoms with van der Waals surface area (Å²) in [6.45, 7) is 3.93. The highest BCUT2D eigenvalue weighted by Crippen LogP contribution is 2.34. The van der Waals surface area contributed by atoms with Crippen LogP contribution in [-0.4, -0.2) is 31.8 Å². The number of ether oxygens (including phenoxy) is 2. The predicted octanol–water partition coefficient (Wildman–Crippen LogP) is 3.13. The first kappa shape index (κ1) is 15.8. The fraction of sp³-hybridized carbons (Fsp3) is 0.200. The maximum atomic E-state index is 11.6. The number of urea groups is 1. The molecule has 2 aromatic rings. The fourth-order valence-electron chi connectivity index (χ4n) is 1.78. The van der Waals surface area contributed by atoms with E-state index in [9.17, 15) is 4.79 Å². The summed E-state index contributed by atoms with van der Waals surface area (Å²) in [4.78, 5) is 16.0. The second-order valence-corrected chi connectivity index (χ2v) is 5.09. The maximum Gasteiger partial charge on any atom is 0.321 e. The van der Waals surface area contributed by atoms with Crippen LogP contribution in [0.3, 0.4) is 0 Å². The summed E-state index contributed by atoms with van der Waals surface area (Å²) in [7, 11) is 3.20. The third kappa shape index (κ3) is 3.76. The van der Waals surface area contributed by atoms with Crippen molar-refractivity contribution in [1.29, 1.82) is 0 Å². The summed E-state index contributed by atoms with van der Waals surface area (Å²) < 4.78 is 10.6. The molecule has 0 bridgehead atoms. The standard InChI is InChI=1S/C15H17N3O3S/c1-4-7-16-14(19)18-15-17-12(9-22-15)11-8-10(20-2)5-6-13(11)21-3/h4-6,8-9H,1,7H2,2-3H3,(H2,16,17,18,19). The number of nitrogens with zero attached hydrogens (tertiary/aromatic N) is 1. The molecule has 116 valence electrons. The van der Waals surface area contributed by atoms with Crippen LogP contribution in [0, 0.1) is 0 Å². The van der Waals surface area contributed by atoms with Crippen LogP contribution in [0.2, 0.25) is 0 Å². The molecule has 0 unspecified atom stereocenters. The van der Waals surface area contributed by atoms with Gasteiger partial charge in [0.15, 0.2) is 5.13 Å². The number of rotatable bonds is 6. The van der Waals surface area contributed by atoms with E-state index in [2.05, 4.69) is 22.2 Å². The van der Waals surface area contributed by atoms with Crippen molar-refractivity contribution in [2.75, 3.05) is 26.1 Å². The molecule has 1 heterocycles. The van der Waals surface area contributed by atoms with Gasteiger partial charge in [-0.2, -0.15) is 0 Å². The minimum absolute atomic E-state index is 0.321. The highest BCUT2D eigenvalue weighted by molar-refractivity contribution is 7.14. The van der Waals surface area contributed by atoms with Crippen LogP contribution in [0.4, 0.5) is 9.93 Å². The third-order valence-corrected chi connectivity index (χ3v) is 3.57. The second-order valence-electron chi connectivity index (χ2n) is 4.23. The number of hydrogen-bond donors (Lipinski definition) is 2. The molecule has 2 rings (SSSR count). The van der Waals surface area contributed by atoms with Crippen molar-refractivity contribution in [3.63, 3.8) is 0 Å². The Labute approximate surface area is 132 Å². The zero-order chi connectivity index (χ0) is 15.9. The van der Waals surface area contributed by atoms with E-state index >= 15 is 0 Å². The second kappa shape index (κ2) is 7.46. The number of nitrogens with one attached hydrogen (secondary N) is 2. The first-order chi connectivity index (χ1) is 10.7. The number of anilines is 1. The van der Waals surface area contributed by atoms with Gasteiger partial charge in [-0.25, -0.2) is 9.78 Å². The normalized spacial score (nSPS) is 9.91. The number of carbonyl (C=O) groups excluding carboxylic acids is 1. The molecule has 0 saturated carbocycles. The van der Waals surface area contributed by atoms with Gasteiger partial charge in [-0.15, -0.1) is 17.9 Å². The lowest BCUT2D eigenvalue weighted by Gasteiger charge is -2.08. The summed E-state index contributed by atoms with van der Waals surface area (Å²) in [6, 6.07) is 5.15. The molecule has 0 atom stereocenters. The molecule has 0 spiro atoms. The molecule has 6 nitrogen and oxygen atoms in total. The molecule has 0 aliphatic rings. The molecular weight excluding hydrogens is 302 g/mol. The SMILES string of the molecule is C=CCNC(=O)Nc1nc(-c2cc(OC)ccc2OC)cs1. The van der Waals surface area contributed by atoms with Crippen LogP contribution in [0.1, 0.15) is 0 Å². The van der Waals surface area contributed by atoms with Gasteiger partial charge >= 0.3 is 6.03 Å². The Hall–Kier alpha value is -2.54. The number of carbonyl (C=O) groups is 1. The Bertz CT molecular complexity index is 670. The van der Waals surface area contributed by atoms with Crippen molar-refractivity contribution in [3.05, 3.63) is 36.2 Å². The largest absolute Gasteiger partial charge is 0.497 e. The van der Waals surface area contributed by atoms with Gasteiger partial charge in [-0.3, -0.25) is 5.32 Å². The first-order valence-electron chi connectivity index (χ1n) is 6.51. The van der Waals surface area contributed by atoms with E-state index in [1.165, 1.54) is 11.3 Å². The smallest absolute Gasteiger partial charge is 0.321 e. The Morgan fingerprint density at radius 3 is 2.91 bits per heavy atom. The highest BCUT2D eigenvalue weighted by Gasteiger charge is 2.12. The van der Waals surface area contributed by atoms with Crippen molar-refractivity contribution >= 4 is 22.5 Å². The van der Waals surface area contributed by atoms with Gasteiger partial charge < -0.3 is 14.8 Å². The van der Waals surface area contributed by atoms with Gasteiger partial charge in [0, 0.05) is 17.5 Å². The van der Waals surface area contributed by atoms with Gasteiger partial charge in [-0.1, -0.05) is 6.08 Å². The molecule has 0 fully saturated rings. The topological polar surface area (TPSA) is 72.5 Å². The molecule has 2 amide bonds. The number of methoxy groups -OCH3 is 2. The van der Waals surface area contributed by atoms with Crippen LogP contribution in [-0.2, 0) is 0 Å². The molecule has 0 saturated heterocycles. The van der Waals surface area contributed by atoms with Crippen molar-refractivity contribution in [3.8, 4) is 22.8 Å². The van der Waals surface area contributed by atoms with E-state index in [4.69, 9.17) is 9.47 Å². The van der Waals surface area contributed by atoms with E-state index in [0.29, 0.717) is 28.9 Å². The van der Waals surface area contributed by atoms with Crippen LogP contribution in [0.15, 0.2) is 36.2 Å².